The van der Waals surface area contributed by atoms with Gasteiger partial charge in [-0.2, -0.15) is 0 Å². The third kappa shape index (κ3) is 2.98. The number of aromatic carboxylic acids is 1. The van der Waals surface area contributed by atoms with E-state index in [9.17, 15) is 20.1 Å². The number of phenols is 2. The van der Waals surface area contributed by atoms with E-state index in [1.165, 1.54) is 6.07 Å². The molecule has 0 aromatic heterocycles. The van der Waals surface area contributed by atoms with Crippen LogP contribution in [0.1, 0.15) is 42.3 Å². The van der Waals surface area contributed by atoms with Gasteiger partial charge in [-0.3, -0.25) is 0 Å². The molecule has 0 heterocycles. The van der Waals surface area contributed by atoms with Gasteiger partial charge in [-0.05, 0) is 30.2 Å². The first-order valence-corrected chi connectivity index (χ1v) is 9.92. The van der Waals surface area contributed by atoms with Crippen molar-refractivity contribution in [2.75, 3.05) is 0 Å². The minimum atomic E-state index is -1.47. The SMILES string of the molecule is CC[Si](CC)(CC)Cc1cc(O)c(O)c(C(=O)O)c1C. The van der Waals surface area contributed by atoms with Crippen molar-refractivity contribution >= 4 is 14.0 Å². The summed E-state index contributed by atoms with van der Waals surface area (Å²) in [5, 5.41) is 28.7. The topological polar surface area (TPSA) is 77.8 Å². The maximum Gasteiger partial charge on any atom is 0.339 e. The minimum Gasteiger partial charge on any atom is -0.504 e. The summed E-state index contributed by atoms with van der Waals surface area (Å²) >= 11 is 0. The van der Waals surface area contributed by atoms with E-state index in [4.69, 9.17) is 0 Å². The van der Waals surface area contributed by atoms with Crippen LogP contribution in [0.4, 0.5) is 0 Å². The lowest BCUT2D eigenvalue weighted by Gasteiger charge is -2.29. The van der Waals surface area contributed by atoms with Crippen LogP contribution in [-0.4, -0.2) is 29.4 Å². The third-order valence-electron chi connectivity index (χ3n) is 4.68. The number of hydrogen-bond donors (Lipinski definition) is 3. The molecule has 3 N–H and O–H groups in total. The highest BCUT2D eigenvalue weighted by Crippen LogP contribution is 2.36. The molecule has 0 spiro atoms. The van der Waals surface area contributed by atoms with Crippen LogP contribution in [0.15, 0.2) is 6.07 Å². The molecule has 0 radical (unpaired) electrons. The molecule has 20 heavy (non-hydrogen) atoms. The molecule has 112 valence electrons. The number of hydrogen-bond acceptors (Lipinski definition) is 3. The summed E-state index contributed by atoms with van der Waals surface area (Å²) in [6.07, 6.45) is 0. The highest BCUT2D eigenvalue weighted by Gasteiger charge is 2.29. The van der Waals surface area contributed by atoms with Gasteiger partial charge in [0.2, 0.25) is 0 Å². The van der Waals surface area contributed by atoms with Gasteiger partial charge in [0.25, 0.3) is 0 Å². The summed E-state index contributed by atoms with van der Waals surface area (Å²) in [5.74, 6) is -2.07. The maximum absolute atomic E-state index is 11.3. The standard InChI is InChI=1S/C15H24O4Si/c1-5-20(6-2,7-3)9-11-8-12(16)14(17)13(10(11)4)15(18)19/h8,16-17H,5-7,9H2,1-4H3,(H,18,19). The summed E-state index contributed by atoms with van der Waals surface area (Å²) in [5.41, 5.74) is 1.25. The lowest BCUT2D eigenvalue weighted by Crippen LogP contribution is -2.35. The smallest absolute Gasteiger partial charge is 0.339 e. The quantitative estimate of drug-likeness (QED) is 0.552. The molecular formula is C15H24O4Si. The van der Waals surface area contributed by atoms with Crippen molar-refractivity contribution in [3.63, 3.8) is 0 Å². The highest BCUT2D eigenvalue weighted by molar-refractivity contribution is 6.79. The first kappa shape index (κ1) is 16.6. The van der Waals surface area contributed by atoms with Crippen molar-refractivity contribution < 1.29 is 20.1 Å². The molecule has 4 nitrogen and oxygen atoms in total. The Morgan fingerprint density at radius 3 is 2.05 bits per heavy atom. The average molecular weight is 296 g/mol. The summed E-state index contributed by atoms with van der Waals surface area (Å²) in [6.45, 7) is 8.27. The Morgan fingerprint density at radius 1 is 1.15 bits per heavy atom. The van der Waals surface area contributed by atoms with Gasteiger partial charge >= 0.3 is 5.97 Å². The van der Waals surface area contributed by atoms with Gasteiger partial charge in [0.15, 0.2) is 11.5 Å². The van der Waals surface area contributed by atoms with E-state index in [2.05, 4.69) is 20.8 Å². The van der Waals surface area contributed by atoms with Crippen molar-refractivity contribution in [3.05, 3.63) is 22.8 Å². The zero-order chi connectivity index (χ0) is 15.5. The second kappa shape index (κ2) is 6.30. The molecule has 1 aromatic rings. The Morgan fingerprint density at radius 2 is 1.65 bits per heavy atom. The van der Waals surface area contributed by atoms with Crippen LogP contribution in [0.5, 0.6) is 11.5 Å². The number of benzene rings is 1. The van der Waals surface area contributed by atoms with Crippen molar-refractivity contribution in [1.82, 2.24) is 0 Å². The second-order valence-electron chi connectivity index (χ2n) is 5.45. The average Bonchev–Trinajstić information content (AvgIpc) is 2.42. The van der Waals surface area contributed by atoms with Crippen LogP contribution in [0.25, 0.3) is 0 Å². The Kier molecular flexibility index (Phi) is 5.22. The van der Waals surface area contributed by atoms with Gasteiger partial charge < -0.3 is 15.3 Å². The first-order valence-electron chi connectivity index (χ1n) is 7.09. The van der Waals surface area contributed by atoms with Gasteiger partial charge in [-0.15, -0.1) is 0 Å². The summed E-state index contributed by atoms with van der Waals surface area (Å²) in [7, 11) is -1.47. The summed E-state index contributed by atoms with van der Waals surface area (Å²) in [6, 6.07) is 5.76. The molecule has 0 aliphatic heterocycles. The fraction of sp³-hybridized carbons (Fsp3) is 0.533. The Balaban J connectivity index is 3.37. The lowest BCUT2D eigenvalue weighted by molar-refractivity contribution is 0.0692. The molecule has 0 unspecified atom stereocenters. The van der Waals surface area contributed by atoms with Gasteiger partial charge in [-0.25, -0.2) is 4.79 Å². The molecular weight excluding hydrogens is 272 g/mol. The van der Waals surface area contributed by atoms with Gasteiger partial charge in [0.1, 0.15) is 5.56 Å². The maximum atomic E-state index is 11.3. The molecule has 1 aromatic carbocycles. The van der Waals surface area contributed by atoms with E-state index in [1.54, 1.807) is 6.92 Å². The summed E-state index contributed by atoms with van der Waals surface area (Å²) in [4.78, 5) is 11.3. The fourth-order valence-corrected chi connectivity index (χ4v) is 6.21. The number of carboxylic acids is 1. The van der Waals surface area contributed by atoms with Gasteiger partial charge in [0, 0.05) is 0 Å². The summed E-state index contributed by atoms with van der Waals surface area (Å²) < 4.78 is 0. The van der Waals surface area contributed by atoms with Crippen LogP contribution in [0, 0.1) is 6.92 Å². The normalized spacial score (nSPS) is 11.6. The zero-order valence-corrected chi connectivity index (χ0v) is 13.7. The predicted molar refractivity (Wildman–Crippen MR) is 82.4 cm³/mol. The van der Waals surface area contributed by atoms with E-state index in [-0.39, 0.29) is 11.3 Å². The van der Waals surface area contributed by atoms with Crippen molar-refractivity contribution in [2.24, 2.45) is 0 Å². The molecule has 0 saturated carbocycles. The number of aromatic hydroxyl groups is 2. The van der Waals surface area contributed by atoms with Crippen molar-refractivity contribution in [1.29, 1.82) is 0 Å². The van der Waals surface area contributed by atoms with E-state index in [0.717, 1.165) is 29.7 Å². The largest absolute Gasteiger partial charge is 0.504 e. The Labute approximate surface area is 121 Å². The first-order chi connectivity index (χ1) is 9.31. The molecule has 0 bridgehead atoms. The molecule has 5 heteroatoms. The third-order valence-corrected chi connectivity index (χ3v) is 10.3. The predicted octanol–water partition coefficient (Wildman–Crippen LogP) is 3.69. The van der Waals surface area contributed by atoms with Crippen molar-refractivity contribution in [3.8, 4) is 11.5 Å². The van der Waals surface area contributed by atoms with Gasteiger partial charge in [-0.1, -0.05) is 38.9 Å². The lowest BCUT2D eigenvalue weighted by atomic mass is 10.0. The molecule has 0 saturated heterocycles. The Hall–Kier alpha value is -1.49. The van der Waals surface area contributed by atoms with E-state index in [0.29, 0.717) is 5.56 Å². The number of phenolic OH excluding ortho intramolecular Hbond substituents is 1. The van der Waals surface area contributed by atoms with E-state index in [1.807, 2.05) is 0 Å². The molecule has 1 rings (SSSR count). The zero-order valence-electron chi connectivity index (χ0n) is 12.7. The number of rotatable bonds is 6. The minimum absolute atomic E-state index is 0.175. The molecule has 0 aliphatic rings. The number of carboxylic acid groups (broad SMARTS) is 1. The fourth-order valence-electron chi connectivity index (χ4n) is 2.78. The monoisotopic (exact) mass is 296 g/mol. The second-order valence-corrected chi connectivity index (χ2v) is 10.9. The van der Waals surface area contributed by atoms with Crippen LogP contribution in [0.2, 0.25) is 18.1 Å². The van der Waals surface area contributed by atoms with Crippen LogP contribution in [-0.2, 0) is 6.04 Å². The molecule has 0 aliphatic carbocycles. The van der Waals surface area contributed by atoms with E-state index < -0.39 is 19.8 Å². The molecule has 0 atom stereocenters. The molecule has 0 fully saturated rings. The van der Waals surface area contributed by atoms with Crippen LogP contribution in [0.3, 0.4) is 0 Å². The molecule has 0 amide bonds. The number of carbonyl (C=O) groups is 1. The van der Waals surface area contributed by atoms with Crippen molar-refractivity contribution in [2.45, 2.75) is 51.9 Å². The highest BCUT2D eigenvalue weighted by atomic mass is 28.3. The van der Waals surface area contributed by atoms with Gasteiger partial charge in [0.05, 0.1) is 8.07 Å². The van der Waals surface area contributed by atoms with E-state index >= 15 is 0 Å². The Bertz CT molecular complexity index is 499. The van der Waals surface area contributed by atoms with Crippen LogP contribution >= 0.6 is 0 Å². The van der Waals surface area contributed by atoms with Crippen LogP contribution < -0.4 is 0 Å².